The zero-order chi connectivity index (χ0) is 23.0. The van der Waals surface area contributed by atoms with Crippen molar-refractivity contribution >= 4 is 34.7 Å². The molecule has 8 heteroatoms. The summed E-state index contributed by atoms with van der Waals surface area (Å²) >= 11 is 6.19. The van der Waals surface area contributed by atoms with Crippen molar-refractivity contribution in [3.63, 3.8) is 0 Å². The lowest BCUT2D eigenvalue weighted by atomic mass is 9.98. The van der Waals surface area contributed by atoms with Crippen LogP contribution in [0.3, 0.4) is 0 Å². The highest BCUT2D eigenvalue weighted by Gasteiger charge is 2.49. The first kappa shape index (κ1) is 21.5. The molecule has 1 aliphatic heterocycles. The average Bonchev–Trinajstić information content (AvgIpc) is 3.41. The van der Waals surface area contributed by atoms with Crippen LogP contribution in [-0.4, -0.2) is 31.0 Å². The number of furan rings is 1. The van der Waals surface area contributed by atoms with Crippen LogP contribution in [0.15, 0.2) is 64.8 Å². The standard InChI is InChI=1S/C24H20ClNO6/c1-13-9-10-14(25)12-15(13)26-21(18-8-5-11-32-18)20(23(28)24(26)29)22(27)19-16(30-2)6-4-7-17(19)31-3/h4-12,21,27H,1-3H3/b22-20+. The van der Waals surface area contributed by atoms with Crippen molar-refractivity contribution in [1.29, 1.82) is 0 Å². The number of carbonyl (C=O) groups is 2. The minimum absolute atomic E-state index is 0.146. The summed E-state index contributed by atoms with van der Waals surface area (Å²) in [4.78, 5) is 27.7. The fraction of sp³-hybridized carbons (Fsp3) is 0.167. The van der Waals surface area contributed by atoms with Crippen molar-refractivity contribution in [2.45, 2.75) is 13.0 Å². The van der Waals surface area contributed by atoms with Crippen LogP contribution in [0, 0.1) is 6.92 Å². The minimum Gasteiger partial charge on any atom is -0.506 e. The van der Waals surface area contributed by atoms with E-state index < -0.39 is 23.5 Å². The molecule has 1 atom stereocenters. The van der Waals surface area contributed by atoms with Crippen molar-refractivity contribution in [2.24, 2.45) is 0 Å². The second-order valence-electron chi connectivity index (χ2n) is 7.15. The number of anilines is 1. The number of amides is 1. The largest absolute Gasteiger partial charge is 0.506 e. The number of halogens is 1. The van der Waals surface area contributed by atoms with E-state index in [2.05, 4.69) is 0 Å². The monoisotopic (exact) mass is 453 g/mol. The third-order valence-electron chi connectivity index (χ3n) is 5.35. The molecule has 1 saturated heterocycles. The van der Waals surface area contributed by atoms with Gasteiger partial charge in [-0.2, -0.15) is 0 Å². The molecule has 0 saturated carbocycles. The number of hydrogen-bond acceptors (Lipinski definition) is 6. The number of ketones is 1. The highest BCUT2D eigenvalue weighted by atomic mass is 35.5. The van der Waals surface area contributed by atoms with Gasteiger partial charge in [0.1, 0.15) is 34.6 Å². The Balaban J connectivity index is 2.02. The van der Waals surface area contributed by atoms with Gasteiger partial charge in [0.15, 0.2) is 0 Å². The van der Waals surface area contributed by atoms with Gasteiger partial charge >= 0.3 is 0 Å². The van der Waals surface area contributed by atoms with Crippen LogP contribution < -0.4 is 14.4 Å². The maximum atomic E-state index is 13.2. The molecule has 1 N–H and O–H groups in total. The highest BCUT2D eigenvalue weighted by molar-refractivity contribution is 6.52. The van der Waals surface area contributed by atoms with E-state index in [1.807, 2.05) is 0 Å². The molecular formula is C24H20ClNO6. The van der Waals surface area contributed by atoms with E-state index in [0.29, 0.717) is 16.5 Å². The number of hydrogen-bond donors (Lipinski definition) is 1. The Kier molecular flexibility index (Phi) is 5.67. The Morgan fingerprint density at radius 1 is 1.06 bits per heavy atom. The van der Waals surface area contributed by atoms with Gasteiger partial charge in [-0.1, -0.05) is 23.7 Å². The lowest BCUT2D eigenvalue weighted by Gasteiger charge is -2.25. The molecule has 164 valence electrons. The molecule has 1 aromatic heterocycles. The van der Waals surface area contributed by atoms with Crippen LogP contribution in [0.2, 0.25) is 5.02 Å². The van der Waals surface area contributed by atoms with Gasteiger partial charge in [0.2, 0.25) is 0 Å². The first-order valence-electron chi connectivity index (χ1n) is 9.71. The predicted octanol–water partition coefficient (Wildman–Crippen LogP) is 4.88. The maximum absolute atomic E-state index is 13.2. The van der Waals surface area contributed by atoms with Crippen molar-refractivity contribution in [2.75, 3.05) is 19.1 Å². The number of benzene rings is 2. The summed E-state index contributed by atoms with van der Waals surface area (Å²) in [6.45, 7) is 1.80. The molecule has 7 nitrogen and oxygen atoms in total. The van der Waals surface area contributed by atoms with E-state index in [9.17, 15) is 14.7 Å². The molecule has 3 aromatic rings. The zero-order valence-electron chi connectivity index (χ0n) is 17.6. The Hall–Kier alpha value is -3.71. The summed E-state index contributed by atoms with van der Waals surface area (Å²) in [7, 11) is 2.87. The molecule has 4 rings (SSSR count). The van der Waals surface area contributed by atoms with Crippen molar-refractivity contribution in [3.8, 4) is 11.5 Å². The van der Waals surface area contributed by atoms with Gasteiger partial charge in [-0.25, -0.2) is 0 Å². The first-order chi connectivity index (χ1) is 15.4. The number of Topliss-reactive ketones (excluding diaryl/α,β-unsaturated/α-hetero) is 1. The minimum atomic E-state index is -1.02. The fourth-order valence-corrected chi connectivity index (χ4v) is 4.02. The van der Waals surface area contributed by atoms with E-state index in [1.165, 1.54) is 25.4 Å². The third-order valence-corrected chi connectivity index (χ3v) is 5.59. The molecular weight excluding hydrogens is 434 g/mol. The summed E-state index contributed by atoms with van der Waals surface area (Å²) in [5.74, 6) is -1.24. The molecule has 1 fully saturated rings. The third kappa shape index (κ3) is 3.40. The highest BCUT2D eigenvalue weighted by Crippen LogP contribution is 2.46. The summed E-state index contributed by atoms with van der Waals surface area (Å²) < 4.78 is 16.3. The molecule has 0 radical (unpaired) electrons. The van der Waals surface area contributed by atoms with Gasteiger partial charge in [0, 0.05) is 10.7 Å². The van der Waals surface area contributed by atoms with Gasteiger partial charge in [-0.05, 0) is 48.9 Å². The van der Waals surface area contributed by atoms with E-state index in [-0.39, 0.29) is 22.6 Å². The number of nitrogens with zero attached hydrogens (tertiary/aromatic N) is 1. The van der Waals surface area contributed by atoms with Gasteiger partial charge in [0.05, 0.1) is 26.1 Å². The van der Waals surface area contributed by atoms with Crippen molar-refractivity contribution < 1.29 is 28.6 Å². The lowest BCUT2D eigenvalue weighted by Crippen LogP contribution is -2.30. The SMILES string of the molecule is COc1cccc(OC)c1/C(O)=C1\C(=O)C(=O)N(c2cc(Cl)ccc2C)C1c1ccco1. The van der Waals surface area contributed by atoms with Crippen LogP contribution in [0.5, 0.6) is 11.5 Å². The van der Waals surface area contributed by atoms with Gasteiger partial charge in [-0.15, -0.1) is 0 Å². The quantitative estimate of drug-likeness (QED) is 0.336. The number of rotatable bonds is 5. The van der Waals surface area contributed by atoms with E-state index in [4.69, 9.17) is 25.5 Å². The van der Waals surface area contributed by atoms with Gasteiger partial charge in [-0.3, -0.25) is 14.5 Å². The van der Waals surface area contributed by atoms with E-state index in [0.717, 1.165) is 5.56 Å². The molecule has 0 spiro atoms. The molecule has 2 aromatic carbocycles. The molecule has 0 bridgehead atoms. The number of aryl methyl sites for hydroxylation is 1. The summed E-state index contributed by atoms with van der Waals surface area (Å²) in [5, 5.41) is 11.7. The Morgan fingerprint density at radius 2 is 1.75 bits per heavy atom. The maximum Gasteiger partial charge on any atom is 0.300 e. The fourth-order valence-electron chi connectivity index (χ4n) is 3.86. The summed E-state index contributed by atoms with van der Waals surface area (Å²) in [6.07, 6.45) is 1.43. The van der Waals surface area contributed by atoms with Crippen LogP contribution in [0.1, 0.15) is 22.9 Å². The summed E-state index contributed by atoms with van der Waals surface area (Å²) in [6, 6.07) is 12.2. The van der Waals surface area contributed by atoms with Gasteiger partial charge in [0.25, 0.3) is 11.7 Å². The van der Waals surface area contributed by atoms with Crippen LogP contribution >= 0.6 is 11.6 Å². The normalized spacial score (nSPS) is 17.6. The topological polar surface area (TPSA) is 89.2 Å². The summed E-state index contributed by atoms with van der Waals surface area (Å²) in [5.41, 5.74) is 1.18. The van der Waals surface area contributed by atoms with Crippen LogP contribution in [-0.2, 0) is 9.59 Å². The average molecular weight is 454 g/mol. The molecule has 0 aliphatic carbocycles. The lowest BCUT2D eigenvalue weighted by molar-refractivity contribution is -0.132. The second-order valence-corrected chi connectivity index (χ2v) is 7.59. The number of aliphatic hydroxyl groups excluding tert-OH is 1. The Labute approximate surface area is 189 Å². The number of methoxy groups -OCH3 is 2. The van der Waals surface area contributed by atoms with Gasteiger partial charge < -0.3 is 19.0 Å². The van der Waals surface area contributed by atoms with Crippen LogP contribution in [0.25, 0.3) is 5.76 Å². The molecule has 32 heavy (non-hydrogen) atoms. The van der Waals surface area contributed by atoms with E-state index in [1.54, 1.807) is 55.5 Å². The molecule has 1 aliphatic rings. The number of ether oxygens (including phenoxy) is 2. The van der Waals surface area contributed by atoms with Crippen LogP contribution in [0.4, 0.5) is 5.69 Å². The predicted molar refractivity (Wildman–Crippen MR) is 119 cm³/mol. The first-order valence-corrected chi connectivity index (χ1v) is 10.1. The smallest absolute Gasteiger partial charge is 0.300 e. The Bertz CT molecular complexity index is 1210. The zero-order valence-corrected chi connectivity index (χ0v) is 18.3. The van der Waals surface area contributed by atoms with E-state index >= 15 is 0 Å². The molecule has 2 heterocycles. The second kappa shape index (κ2) is 8.43. The number of carbonyl (C=O) groups excluding carboxylic acids is 2. The van der Waals surface area contributed by atoms with Crippen molar-refractivity contribution in [3.05, 3.63) is 82.3 Å². The van der Waals surface area contributed by atoms with Crippen molar-refractivity contribution in [1.82, 2.24) is 0 Å². The number of aliphatic hydroxyl groups is 1. The molecule has 1 unspecified atom stereocenters. The Morgan fingerprint density at radius 3 is 2.34 bits per heavy atom. The molecule has 1 amide bonds.